The summed E-state index contributed by atoms with van der Waals surface area (Å²) < 4.78 is 7.35. The lowest BCUT2D eigenvalue weighted by Gasteiger charge is -2.06. The van der Waals surface area contributed by atoms with Gasteiger partial charge in [0.25, 0.3) is 0 Å². The lowest BCUT2D eigenvalue weighted by atomic mass is 10.1. The van der Waals surface area contributed by atoms with Gasteiger partial charge in [-0.3, -0.25) is 5.41 Å². The molecule has 8 heteroatoms. The fourth-order valence-electron chi connectivity index (χ4n) is 3.08. The third-order valence-electron chi connectivity index (χ3n) is 4.50. The summed E-state index contributed by atoms with van der Waals surface area (Å²) in [5.74, 6) is 0. The molecule has 2 aromatic carbocycles. The van der Waals surface area contributed by atoms with E-state index in [2.05, 4.69) is 27.1 Å². The van der Waals surface area contributed by atoms with E-state index in [-0.39, 0.29) is 5.49 Å². The Bertz CT molecular complexity index is 1320. The Kier molecular flexibility index (Phi) is 4.17. The van der Waals surface area contributed by atoms with E-state index in [1.54, 1.807) is 6.33 Å². The second-order valence-corrected chi connectivity index (χ2v) is 7.41. The summed E-state index contributed by atoms with van der Waals surface area (Å²) in [5.41, 5.74) is 4.38. The zero-order valence-electron chi connectivity index (χ0n) is 14.8. The summed E-state index contributed by atoms with van der Waals surface area (Å²) in [7, 11) is 0. The predicted octanol–water partition coefficient (Wildman–Crippen LogP) is 3.77. The summed E-state index contributed by atoms with van der Waals surface area (Å²) in [5, 5.41) is 8.82. The van der Waals surface area contributed by atoms with Crippen LogP contribution in [0.3, 0.4) is 0 Å². The largest absolute Gasteiger partial charge is 0.443 e. The van der Waals surface area contributed by atoms with Crippen molar-refractivity contribution in [3.8, 4) is 0 Å². The third-order valence-corrected chi connectivity index (χ3v) is 5.38. The summed E-state index contributed by atoms with van der Waals surface area (Å²) in [4.78, 5) is 17.3. The van der Waals surface area contributed by atoms with Crippen molar-refractivity contribution in [3.63, 3.8) is 0 Å². The lowest BCUT2D eigenvalue weighted by Crippen LogP contribution is -2.13. The van der Waals surface area contributed by atoms with E-state index in [1.165, 1.54) is 23.7 Å². The fraction of sp³-hybridized carbons (Fsp3) is 0.100. The van der Waals surface area contributed by atoms with Crippen molar-refractivity contribution >= 4 is 34.0 Å². The number of fused-ring (bicyclic) bond motifs is 2. The summed E-state index contributed by atoms with van der Waals surface area (Å²) in [6.45, 7) is 0.743. The molecule has 0 aliphatic carbocycles. The smallest absolute Gasteiger partial charge is 0.181 e. The minimum absolute atomic E-state index is 0.191. The minimum atomic E-state index is 0.191. The molecule has 5 rings (SSSR count). The number of H-pyrrole nitrogens is 1. The molecule has 5 aromatic rings. The Morgan fingerprint density at radius 2 is 2.00 bits per heavy atom. The highest BCUT2D eigenvalue weighted by molar-refractivity contribution is 7.99. The molecule has 0 atom stereocenters. The van der Waals surface area contributed by atoms with Crippen molar-refractivity contribution in [2.45, 2.75) is 23.0 Å². The summed E-state index contributed by atoms with van der Waals surface area (Å²) in [6.07, 6.45) is 3.99. The highest BCUT2D eigenvalue weighted by atomic mass is 32.2. The molecule has 0 amide bonds. The van der Waals surface area contributed by atoms with Gasteiger partial charge in [0.05, 0.1) is 6.33 Å². The van der Waals surface area contributed by atoms with Crippen molar-refractivity contribution in [2.24, 2.45) is 0 Å². The zero-order chi connectivity index (χ0) is 18.9. The van der Waals surface area contributed by atoms with Crippen molar-refractivity contribution in [2.75, 3.05) is 0 Å². The molecular formula is C20H16N6OS. The van der Waals surface area contributed by atoms with Crippen LogP contribution < -0.4 is 5.49 Å². The van der Waals surface area contributed by atoms with Gasteiger partial charge in [0.15, 0.2) is 28.3 Å². The van der Waals surface area contributed by atoms with Crippen molar-refractivity contribution in [1.82, 2.24) is 24.5 Å². The normalized spacial score (nSPS) is 11.4. The van der Waals surface area contributed by atoms with Gasteiger partial charge in [0, 0.05) is 11.4 Å². The van der Waals surface area contributed by atoms with E-state index >= 15 is 0 Å². The molecule has 0 aliphatic rings. The molecule has 0 aliphatic heterocycles. The number of hydrogen-bond acceptors (Lipinski definition) is 6. The Morgan fingerprint density at radius 3 is 2.89 bits per heavy atom. The Morgan fingerprint density at radius 1 is 1.11 bits per heavy atom. The molecule has 0 unspecified atom stereocenters. The van der Waals surface area contributed by atoms with E-state index in [1.807, 2.05) is 41.0 Å². The first kappa shape index (κ1) is 16.8. The van der Waals surface area contributed by atoms with Gasteiger partial charge in [0.1, 0.15) is 11.0 Å². The molecule has 3 aromatic heterocycles. The van der Waals surface area contributed by atoms with Gasteiger partial charge in [-0.2, -0.15) is 0 Å². The number of nitrogens with zero attached hydrogens (tertiary/aromatic N) is 4. The van der Waals surface area contributed by atoms with Crippen LogP contribution in [0.4, 0.5) is 0 Å². The van der Waals surface area contributed by atoms with Crippen LogP contribution in [0.15, 0.2) is 75.7 Å². The average molecular weight is 388 g/mol. The maximum absolute atomic E-state index is 8.11. The number of imidazole rings is 1. The van der Waals surface area contributed by atoms with Gasteiger partial charge in [0.2, 0.25) is 0 Å². The second-order valence-electron chi connectivity index (χ2n) is 6.35. The third kappa shape index (κ3) is 3.18. The van der Waals surface area contributed by atoms with Gasteiger partial charge < -0.3 is 14.0 Å². The zero-order valence-corrected chi connectivity index (χ0v) is 15.6. The molecule has 0 saturated carbocycles. The molecule has 138 valence electrons. The van der Waals surface area contributed by atoms with Gasteiger partial charge in [-0.1, -0.05) is 42.1 Å². The molecule has 3 heterocycles. The van der Waals surface area contributed by atoms with Crippen LogP contribution >= 0.6 is 11.8 Å². The standard InChI is InChI=1S/C20H16N6OS/c21-18-17-19(26(11-22-18)9-8-13-4-2-1-3-5-13)25-20(24-17)28-14-6-7-15-16(10-14)27-12-23-15/h1-7,10-12,21H,8-9H2,(H,24,25). The van der Waals surface area contributed by atoms with Crippen LogP contribution in [0.1, 0.15) is 5.56 Å². The molecule has 0 bridgehead atoms. The number of nitrogens with one attached hydrogen (secondary N) is 2. The quantitative estimate of drug-likeness (QED) is 0.478. The average Bonchev–Trinajstić information content (AvgIpc) is 3.35. The minimum Gasteiger partial charge on any atom is -0.443 e. The van der Waals surface area contributed by atoms with Crippen LogP contribution in [0.5, 0.6) is 0 Å². The number of rotatable bonds is 5. The van der Waals surface area contributed by atoms with E-state index in [9.17, 15) is 0 Å². The first-order valence-electron chi connectivity index (χ1n) is 8.81. The second kappa shape index (κ2) is 6.97. The molecular weight excluding hydrogens is 372 g/mol. The topological polar surface area (TPSA) is 96.4 Å². The predicted molar refractivity (Wildman–Crippen MR) is 106 cm³/mol. The fourth-order valence-corrected chi connectivity index (χ4v) is 3.89. The SMILES string of the molecule is N=c1ncn(CCc2ccccc2)c2nc(Sc3ccc4ncoc4c3)[nH]c12. The molecule has 28 heavy (non-hydrogen) atoms. The van der Waals surface area contributed by atoms with Crippen molar-refractivity contribution < 1.29 is 4.42 Å². The summed E-state index contributed by atoms with van der Waals surface area (Å²) in [6, 6.07) is 16.1. The Hall–Kier alpha value is -3.39. The first-order valence-corrected chi connectivity index (χ1v) is 9.63. The van der Waals surface area contributed by atoms with Crippen LogP contribution in [-0.2, 0) is 13.0 Å². The maximum Gasteiger partial charge on any atom is 0.181 e. The molecule has 0 saturated heterocycles. The number of oxazole rings is 1. The van der Waals surface area contributed by atoms with E-state index in [0.717, 1.165) is 34.6 Å². The van der Waals surface area contributed by atoms with Gasteiger partial charge in [-0.25, -0.2) is 15.0 Å². The van der Waals surface area contributed by atoms with Gasteiger partial charge >= 0.3 is 0 Å². The summed E-state index contributed by atoms with van der Waals surface area (Å²) >= 11 is 1.48. The first-order chi connectivity index (χ1) is 13.8. The molecule has 0 spiro atoms. The number of aryl methyl sites for hydroxylation is 2. The number of aromatic amines is 1. The Labute approximate surface area is 164 Å². The molecule has 0 radical (unpaired) electrons. The van der Waals surface area contributed by atoms with E-state index in [0.29, 0.717) is 10.7 Å². The highest BCUT2D eigenvalue weighted by Gasteiger charge is 2.11. The van der Waals surface area contributed by atoms with Crippen LogP contribution in [-0.4, -0.2) is 24.5 Å². The van der Waals surface area contributed by atoms with Crippen LogP contribution in [0.2, 0.25) is 0 Å². The molecule has 0 fully saturated rings. The Balaban J connectivity index is 1.45. The highest BCUT2D eigenvalue weighted by Crippen LogP contribution is 2.29. The van der Waals surface area contributed by atoms with Gasteiger partial charge in [-0.05, 0) is 30.2 Å². The maximum atomic E-state index is 8.11. The number of aromatic nitrogens is 5. The van der Waals surface area contributed by atoms with E-state index in [4.69, 9.17) is 14.8 Å². The number of hydrogen-bond donors (Lipinski definition) is 2. The van der Waals surface area contributed by atoms with Gasteiger partial charge in [-0.15, -0.1) is 0 Å². The van der Waals surface area contributed by atoms with Crippen LogP contribution in [0.25, 0.3) is 22.3 Å². The van der Waals surface area contributed by atoms with E-state index < -0.39 is 0 Å². The van der Waals surface area contributed by atoms with Crippen LogP contribution in [0, 0.1) is 5.41 Å². The number of benzene rings is 2. The van der Waals surface area contributed by atoms with Crippen molar-refractivity contribution in [3.05, 3.63) is 72.3 Å². The molecule has 7 nitrogen and oxygen atoms in total. The van der Waals surface area contributed by atoms with Crippen molar-refractivity contribution in [1.29, 1.82) is 5.41 Å². The molecule has 2 N–H and O–H groups in total. The monoisotopic (exact) mass is 388 g/mol. The lowest BCUT2D eigenvalue weighted by molar-refractivity contribution is 0.601.